The van der Waals surface area contributed by atoms with Crippen molar-refractivity contribution in [3.8, 4) is 0 Å². The van der Waals surface area contributed by atoms with Crippen LogP contribution in [0.15, 0.2) is 17.5 Å². The predicted octanol–water partition coefficient (Wildman–Crippen LogP) is 4.37. The molecule has 0 spiro atoms. The van der Waals surface area contributed by atoms with E-state index in [1.165, 1.54) is 30.6 Å². The molecule has 0 saturated carbocycles. The Hall–Kier alpha value is -0.340. The Morgan fingerprint density at radius 3 is 2.73 bits per heavy atom. The van der Waals surface area contributed by atoms with Crippen LogP contribution in [-0.4, -0.2) is 6.04 Å². The lowest BCUT2D eigenvalue weighted by molar-refractivity contribution is 0.413. The largest absolute Gasteiger partial charge is 0.307 e. The van der Waals surface area contributed by atoms with Crippen LogP contribution < -0.4 is 5.32 Å². The lowest BCUT2D eigenvalue weighted by Gasteiger charge is -2.21. The second-order valence-electron chi connectivity index (χ2n) is 4.15. The lowest BCUT2D eigenvalue weighted by Crippen LogP contribution is -2.30. The van der Waals surface area contributed by atoms with E-state index in [1.54, 1.807) is 0 Å². The molecule has 2 unspecified atom stereocenters. The molecule has 2 heteroatoms. The summed E-state index contributed by atoms with van der Waals surface area (Å²) in [5.41, 5.74) is 0. The van der Waals surface area contributed by atoms with Crippen molar-refractivity contribution in [3.05, 3.63) is 22.4 Å². The minimum absolute atomic E-state index is 0.506. The fourth-order valence-corrected chi connectivity index (χ4v) is 2.57. The van der Waals surface area contributed by atoms with Gasteiger partial charge in [-0.15, -0.1) is 11.3 Å². The number of rotatable bonds is 7. The number of thiophene rings is 1. The summed E-state index contributed by atoms with van der Waals surface area (Å²) < 4.78 is 0. The van der Waals surface area contributed by atoms with Gasteiger partial charge >= 0.3 is 0 Å². The standard InChI is InChI=1S/C13H23NS/c1-4-6-8-12(5-2)14-11(3)13-9-7-10-15-13/h7,9-12,14H,4-6,8H2,1-3H3. The fourth-order valence-electron chi connectivity index (χ4n) is 1.83. The van der Waals surface area contributed by atoms with E-state index < -0.39 is 0 Å². The first-order valence-electron chi connectivity index (χ1n) is 6.07. The quantitative estimate of drug-likeness (QED) is 0.726. The van der Waals surface area contributed by atoms with Gasteiger partial charge in [-0.2, -0.15) is 0 Å². The fraction of sp³-hybridized carbons (Fsp3) is 0.692. The Balaban J connectivity index is 2.37. The van der Waals surface area contributed by atoms with Crippen LogP contribution in [0.4, 0.5) is 0 Å². The minimum atomic E-state index is 0.506. The van der Waals surface area contributed by atoms with Gasteiger partial charge in [0.05, 0.1) is 0 Å². The normalized spacial score (nSPS) is 15.1. The second-order valence-corrected chi connectivity index (χ2v) is 5.13. The molecule has 0 radical (unpaired) electrons. The number of nitrogens with one attached hydrogen (secondary N) is 1. The van der Waals surface area contributed by atoms with Crippen molar-refractivity contribution in [2.45, 2.75) is 58.5 Å². The van der Waals surface area contributed by atoms with Crippen LogP contribution >= 0.6 is 11.3 Å². The molecule has 1 nitrogen and oxygen atoms in total. The maximum Gasteiger partial charge on any atom is 0.0388 e. The molecule has 0 aliphatic carbocycles. The number of hydrogen-bond acceptors (Lipinski definition) is 2. The smallest absolute Gasteiger partial charge is 0.0388 e. The number of hydrogen-bond donors (Lipinski definition) is 1. The molecule has 1 aromatic rings. The molecular weight excluding hydrogens is 202 g/mol. The molecule has 2 atom stereocenters. The van der Waals surface area contributed by atoms with E-state index in [-0.39, 0.29) is 0 Å². The highest BCUT2D eigenvalue weighted by Crippen LogP contribution is 2.20. The Kier molecular flexibility index (Phi) is 5.96. The van der Waals surface area contributed by atoms with E-state index in [1.807, 2.05) is 11.3 Å². The van der Waals surface area contributed by atoms with Crippen LogP contribution in [0.25, 0.3) is 0 Å². The molecule has 0 fully saturated rings. The first-order valence-corrected chi connectivity index (χ1v) is 6.95. The molecule has 15 heavy (non-hydrogen) atoms. The first kappa shape index (κ1) is 12.7. The van der Waals surface area contributed by atoms with Crippen LogP contribution in [0.5, 0.6) is 0 Å². The van der Waals surface area contributed by atoms with Gasteiger partial charge < -0.3 is 5.32 Å². The third-order valence-corrected chi connectivity index (χ3v) is 3.91. The van der Waals surface area contributed by atoms with Gasteiger partial charge in [0.25, 0.3) is 0 Å². The van der Waals surface area contributed by atoms with Gasteiger partial charge in [-0.25, -0.2) is 0 Å². The Morgan fingerprint density at radius 2 is 2.20 bits per heavy atom. The van der Waals surface area contributed by atoms with E-state index in [0.717, 1.165) is 0 Å². The summed E-state index contributed by atoms with van der Waals surface area (Å²) in [4.78, 5) is 1.45. The van der Waals surface area contributed by atoms with Crippen molar-refractivity contribution in [1.29, 1.82) is 0 Å². The van der Waals surface area contributed by atoms with Crippen LogP contribution in [-0.2, 0) is 0 Å². The molecule has 1 heterocycles. The summed E-state index contributed by atoms with van der Waals surface area (Å²) in [7, 11) is 0. The molecule has 0 saturated heterocycles. The maximum absolute atomic E-state index is 3.71. The molecule has 1 aromatic heterocycles. The van der Waals surface area contributed by atoms with Gasteiger partial charge in [0.2, 0.25) is 0 Å². The van der Waals surface area contributed by atoms with Crippen molar-refractivity contribution in [3.63, 3.8) is 0 Å². The van der Waals surface area contributed by atoms with E-state index in [9.17, 15) is 0 Å². The summed E-state index contributed by atoms with van der Waals surface area (Å²) in [6.07, 6.45) is 5.17. The highest BCUT2D eigenvalue weighted by Gasteiger charge is 2.11. The first-order chi connectivity index (χ1) is 7.27. The van der Waals surface area contributed by atoms with Gasteiger partial charge in [0.15, 0.2) is 0 Å². The van der Waals surface area contributed by atoms with Crippen molar-refractivity contribution in [1.82, 2.24) is 5.32 Å². The molecule has 0 bridgehead atoms. The Morgan fingerprint density at radius 1 is 1.40 bits per heavy atom. The van der Waals surface area contributed by atoms with Crippen LogP contribution in [0.2, 0.25) is 0 Å². The minimum Gasteiger partial charge on any atom is -0.307 e. The van der Waals surface area contributed by atoms with Crippen molar-refractivity contribution in [2.75, 3.05) is 0 Å². The Bertz CT molecular complexity index is 243. The summed E-state index contributed by atoms with van der Waals surface area (Å²) in [5.74, 6) is 0. The van der Waals surface area contributed by atoms with Gasteiger partial charge in [-0.3, -0.25) is 0 Å². The zero-order valence-corrected chi connectivity index (χ0v) is 10.9. The third kappa shape index (κ3) is 4.35. The topological polar surface area (TPSA) is 12.0 Å². The van der Waals surface area contributed by atoms with E-state index >= 15 is 0 Å². The lowest BCUT2D eigenvalue weighted by atomic mass is 10.1. The highest BCUT2D eigenvalue weighted by molar-refractivity contribution is 7.10. The van der Waals surface area contributed by atoms with Crippen LogP contribution in [0, 0.1) is 0 Å². The monoisotopic (exact) mass is 225 g/mol. The van der Waals surface area contributed by atoms with Gasteiger partial charge in [-0.05, 0) is 31.2 Å². The summed E-state index contributed by atoms with van der Waals surface area (Å²) >= 11 is 1.84. The van der Waals surface area contributed by atoms with Gasteiger partial charge in [0, 0.05) is 17.0 Å². The third-order valence-electron chi connectivity index (χ3n) is 2.85. The second kappa shape index (κ2) is 7.02. The molecule has 0 aliphatic heterocycles. The van der Waals surface area contributed by atoms with E-state index in [0.29, 0.717) is 12.1 Å². The maximum atomic E-state index is 3.71. The van der Waals surface area contributed by atoms with Crippen molar-refractivity contribution < 1.29 is 0 Å². The summed E-state index contributed by atoms with van der Waals surface area (Å²) in [6.45, 7) is 6.80. The zero-order valence-electron chi connectivity index (χ0n) is 10.1. The van der Waals surface area contributed by atoms with E-state index in [2.05, 4.69) is 43.6 Å². The SMILES string of the molecule is CCCCC(CC)NC(C)c1cccs1. The molecule has 1 N–H and O–H groups in total. The van der Waals surface area contributed by atoms with Crippen molar-refractivity contribution >= 4 is 11.3 Å². The molecule has 0 aromatic carbocycles. The molecule has 0 amide bonds. The summed E-state index contributed by atoms with van der Waals surface area (Å²) in [5, 5.41) is 5.87. The number of unbranched alkanes of at least 4 members (excludes halogenated alkanes) is 1. The molecule has 86 valence electrons. The van der Waals surface area contributed by atoms with Crippen LogP contribution in [0.1, 0.15) is 57.4 Å². The average molecular weight is 225 g/mol. The van der Waals surface area contributed by atoms with Crippen molar-refractivity contribution in [2.24, 2.45) is 0 Å². The highest BCUT2D eigenvalue weighted by atomic mass is 32.1. The van der Waals surface area contributed by atoms with E-state index in [4.69, 9.17) is 0 Å². The molecular formula is C13H23NS. The van der Waals surface area contributed by atoms with Gasteiger partial charge in [-0.1, -0.05) is 32.8 Å². The zero-order chi connectivity index (χ0) is 11.1. The average Bonchev–Trinajstić information content (AvgIpc) is 2.77. The Labute approximate surface area is 97.9 Å². The summed E-state index contributed by atoms with van der Waals surface area (Å²) in [6, 6.07) is 5.54. The van der Waals surface area contributed by atoms with Crippen LogP contribution in [0.3, 0.4) is 0 Å². The molecule has 1 rings (SSSR count). The molecule has 0 aliphatic rings. The predicted molar refractivity (Wildman–Crippen MR) is 69.5 cm³/mol. The van der Waals surface area contributed by atoms with Gasteiger partial charge in [0.1, 0.15) is 0 Å².